The molecule has 0 heterocycles. The third-order valence-corrected chi connectivity index (χ3v) is 9.18. The second-order valence-corrected chi connectivity index (χ2v) is 17.1. The number of carbonyl (C=O) groups excluding carboxylic acids is 1. The summed E-state index contributed by atoms with van der Waals surface area (Å²) in [7, 11) is 0. The Kier molecular flexibility index (Phi) is 7.89. The van der Waals surface area contributed by atoms with E-state index in [9.17, 15) is 9.90 Å². The molecule has 4 aromatic carbocycles. The number of benzene rings is 4. The number of allylic oxidation sites excluding steroid dienone is 4. The van der Waals surface area contributed by atoms with Crippen molar-refractivity contribution in [3.05, 3.63) is 100 Å². The molecule has 0 radical (unpaired) electrons. The van der Waals surface area contributed by atoms with Crippen molar-refractivity contribution in [2.75, 3.05) is 0 Å². The van der Waals surface area contributed by atoms with Crippen molar-refractivity contribution in [2.45, 2.75) is 93.9 Å². The van der Waals surface area contributed by atoms with Crippen LogP contribution in [0.25, 0.3) is 38.2 Å². The maximum Gasteiger partial charge on any atom is 0.291 e. The van der Waals surface area contributed by atoms with Gasteiger partial charge in [-0.1, -0.05) is 77.8 Å². The van der Waals surface area contributed by atoms with Crippen molar-refractivity contribution in [2.24, 2.45) is 10.8 Å². The van der Waals surface area contributed by atoms with Crippen LogP contribution in [0.5, 0.6) is 5.75 Å². The summed E-state index contributed by atoms with van der Waals surface area (Å²) in [5.74, 6) is 4.11. The van der Waals surface area contributed by atoms with E-state index in [1.54, 1.807) is 0 Å². The molecule has 5 rings (SSSR count). The Labute approximate surface area is 276 Å². The molecule has 4 aromatic rings. The maximum absolute atomic E-state index is 13.6. The van der Waals surface area contributed by atoms with Crippen LogP contribution in [0.2, 0.25) is 0 Å². The van der Waals surface area contributed by atoms with E-state index in [2.05, 4.69) is 156 Å². The summed E-state index contributed by atoms with van der Waals surface area (Å²) in [6.07, 6.45) is 10.4. The number of Topliss-reactive ketones (excluding diaryl/α,β-unsaturated/α-hetero) is 1. The molecule has 1 aliphatic rings. The van der Waals surface area contributed by atoms with Gasteiger partial charge in [0.15, 0.2) is 0 Å². The molecular formula is C44H48O2. The topological polar surface area (TPSA) is 40.1 Å². The first-order chi connectivity index (χ1) is 21.1. The number of ketones is 1. The summed E-state index contributed by atoms with van der Waals surface area (Å²) in [5.41, 5.74) is 6.28. The number of fused-ring (bicyclic) bond motifs is 2. The van der Waals surface area contributed by atoms with Gasteiger partial charge in [-0.3, -0.25) is 4.79 Å². The summed E-state index contributed by atoms with van der Waals surface area (Å²) < 4.78 is 0. The van der Waals surface area contributed by atoms with Crippen LogP contribution < -0.4 is 5.11 Å². The molecule has 1 aliphatic carbocycles. The largest absolute Gasteiger partial charge is 0.872 e. The summed E-state index contributed by atoms with van der Waals surface area (Å²) >= 11 is 0. The predicted molar refractivity (Wildman–Crippen MR) is 195 cm³/mol. The molecule has 236 valence electrons. The summed E-state index contributed by atoms with van der Waals surface area (Å²) in [6.45, 7) is 25.2. The second-order valence-electron chi connectivity index (χ2n) is 17.1. The molecule has 0 saturated heterocycles. The van der Waals surface area contributed by atoms with Crippen molar-refractivity contribution in [3.63, 3.8) is 0 Å². The number of hydrogen-bond acceptors (Lipinski definition) is 2. The van der Waals surface area contributed by atoms with E-state index >= 15 is 0 Å². The van der Waals surface area contributed by atoms with Gasteiger partial charge >= 0.3 is 0 Å². The Bertz CT molecular complexity index is 1960. The molecule has 0 amide bonds. The van der Waals surface area contributed by atoms with Gasteiger partial charge in [-0.25, -0.2) is 0 Å². The number of rotatable bonds is 2. The Morgan fingerprint density at radius 3 is 1.61 bits per heavy atom. The molecule has 0 aromatic heterocycles. The van der Waals surface area contributed by atoms with E-state index in [0.717, 1.165) is 72.0 Å². The van der Waals surface area contributed by atoms with Crippen molar-refractivity contribution in [1.29, 1.82) is 0 Å². The minimum absolute atomic E-state index is 0.127. The van der Waals surface area contributed by atoms with Crippen molar-refractivity contribution < 1.29 is 9.90 Å². The standard InChI is InChI=1S/C44H48O2/c1-14-32-33-20-26(30-22-35(41(2,3)4)39(45)36(23-30)42(5,6)7)15-17-28(33)19-29-18-16-27(21-34(29)32)31-24-37(43(8,9)10)40(46)38(25-31)44(11,12)13/h1,15-25H,2-13H3. The molecule has 0 bridgehead atoms. The fourth-order valence-corrected chi connectivity index (χ4v) is 6.44. The van der Waals surface area contributed by atoms with Gasteiger partial charge in [0.05, 0.1) is 17.7 Å². The van der Waals surface area contributed by atoms with Crippen LogP contribution in [0, 0.1) is 29.1 Å². The first-order valence-electron chi connectivity index (χ1n) is 16.3. The minimum atomic E-state index is -0.287. The van der Waals surface area contributed by atoms with Crippen LogP contribution in [-0.4, -0.2) is 5.78 Å². The highest BCUT2D eigenvalue weighted by molar-refractivity contribution is 6.14. The molecule has 0 fully saturated rings. The van der Waals surface area contributed by atoms with Gasteiger partial charge < -0.3 is 5.11 Å². The molecule has 46 heavy (non-hydrogen) atoms. The van der Waals surface area contributed by atoms with Crippen molar-refractivity contribution in [3.8, 4) is 29.2 Å². The van der Waals surface area contributed by atoms with Crippen LogP contribution in [-0.2, 0) is 15.6 Å². The highest BCUT2D eigenvalue weighted by Gasteiger charge is 2.45. The zero-order valence-electron chi connectivity index (χ0n) is 29.7. The van der Waals surface area contributed by atoms with Gasteiger partial charge in [0, 0.05) is 22.0 Å². The predicted octanol–water partition coefficient (Wildman–Crippen LogP) is 10.9. The lowest BCUT2D eigenvalue weighted by atomic mass is 9.68. The maximum atomic E-state index is 13.6. The lowest BCUT2D eigenvalue weighted by Gasteiger charge is -2.34. The molecule has 0 atom stereocenters. The summed E-state index contributed by atoms with van der Waals surface area (Å²) in [6, 6.07) is 19.2. The van der Waals surface area contributed by atoms with Crippen LogP contribution in [0.1, 0.15) is 105 Å². The van der Waals surface area contributed by atoms with Gasteiger partial charge in [0.2, 0.25) is 0 Å². The lowest BCUT2D eigenvalue weighted by molar-refractivity contribution is -0.271. The van der Waals surface area contributed by atoms with E-state index in [-0.39, 0.29) is 33.2 Å². The van der Waals surface area contributed by atoms with E-state index in [1.807, 2.05) is 0 Å². The van der Waals surface area contributed by atoms with Gasteiger partial charge in [-0.05, 0) is 120 Å². The zero-order valence-corrected chi connectivity index (χ0v) is 29.7. The smallest absolute Gasteiger partial charge is 0.291 e. The van der Waals surface area contributed by atoms with Crippen molar-refractivity contribution in [1.82, 2.24) is 0 Å². The fraction of sp³-hybridized carbons (Fsp3) is 0.364. The first-order valence-corrected chi connectivity index (χ1v) is 16.3. The fourth-order valence-electron chi connectivity index (χ4n) is 6.44. The Balaban J connectivity index is 1.73. The zero-order chi connectivity index (χ0) is 34.1. The van der Waals surface area contributed by atoms with Gasteiger partial charge in [-0.15, -0.1) is 12.2 Å². The molecule has 0 N–H and O–H groups in total. The Morgan fingerprint density at radius 2 is 1.15 bits per heavy atom. The molecule has 0 aliphatic heterocycles. The van der Waals surface area contributed by atoms with Gasteiger partial charge in [0.1, 0.15) is 11.5 Å². The highest BCUT2D eigenvalue weighted by atomic mass is 16.3. The third kappa shape index (κ3) is 6.01. The average molecular weight is 609 g/mol. The molecule has 0 unspecified atom stereocenters. The quantitative estimate of drug-likeness (QED) is 0.129. The molecule has 2 heteroatoms. The lowest BCUT2D eigenvalue weighted by Crippen LogP contribution is -2.32. The average Bonchev–Trinajstić information content (AvgIpc) is 2.93. The van der Waals surface area contributed by atoms with Crippen molar-refractivity contribution >= 4 is 32.9 Å². The van der Waals surface area contributed by atoms with E-state index in [1.165, 1.54) is 0 Å². The van der Waals surface area contributed by atoms with Crippen LogP contribution >= 0.6 is 0 Å². The first kappa shape index (κ1) is 33.2. The van der Waals surface area contributed by atoms with Crippen LogP contribution in [0.15, 0.2) is 72.3 Å². The third-order valence-electron chi connectivity index (χ3n) is 9.18. The van der Waals surface area contributed by atoms with Gasteiger partial charge in [0.25, 0.3) is 5.78 Å². The van der Waals surface area contributed by atoms with Crippen LogP contribution in [0.3, 0.4) is 0 Å². The number of terminal acetylenes is 1. The number of hydrogen-bond donors (Lipinski definition) is 0. The van der Waals surface area contributed by atoms with Crippen LogP contribution in [0.4, 0.5) is 0 Å². The molecular weight excluding hydrogens is 560 g/mol. The van der Waals surface area contributed by atoms with E-state index < -0.39 is 0 Å². The van der Waals surface area contributed by atoms with Gasteiger partial charge in [-0.2, -0.15) is 0 Å². The Hall–Kier alpha value is -4.22. The van der Waals surface area contributed by atoms with E-state index in [4.69, 9.17) is 6.42 Å². The summed E-state index contributed by atoms with van der Waals surface area (Å²) in [4.78, 5) is 13.6. The minimum Gasteiger partial charge on any atom is -0.872 e. The highest BCUT2D eigenvalue weighted by Crippen LogP contribution is 2.45. The molecule has 0 saturated carbocycles. The SMILES string of the molecule is C#Cc1c2cc(C3=C[C+](C(C)(C)C)C(=O)C(C(C)(C)C)=C3)ccc2cc2ccc(-c3cc(C(C)(C)C)c([O-])c(C(C)(C)C)c3)cc12. The number of carbonyl (C=O) groups is 1. The Morgan fingerprint density at radius 1 is 0.652 bits per heavy atom. The monoisotopic (exact) mass is 608 g/mol. The summed E-state index contributed by atoms with van der Waals surface area (Å²) in [5, 5.41) is 17.7. The second kappa shape index (κ2) is 10.9. The van der Waals surface area contributed by atoms with E-state index in [0.29, 0.717) is 0 Å². The normalized spacial score (nSPS) is 14.8. The molecule has 0 spiro atoms. The molecule has 2 nitrogen and oxygen atoms in total.